The van der Waals surface area contributed by atoms with Crippen molar-refractivity contribution in [1.82, 2.24) is 0 Å². The zero-order valence-electron chi connectivity index (χ0n) is 11.7. The van der Waals surface area contributed by atoms with Crippen LogP contribution in [0.2, 0.25) is 0 Å². The summed E-state index contributed by atoms with van der Waals surface area (Å²) >= 11 is 1.92. The summed E-state index contributed by atoms with van der Waals surface area (Å²) < 4.78 is 0. The number of nitrogens with one attached hydrogen (secondary N) is 1. The van der Waals surface area contributed by atoms with Crippen molar-refractivity contribution >= 4 is 29.1 Å². The summed E-state index contributed by atoms with van der Waals surface area (Å²) in [5.74, 6) is -0.0753. The highest BCUT2D eigenvalue weighted by Crippen LogP contribution is 2.32. The van der Waals surface area contributed by atoms with E-state index in [0.29, 0.717) is 10.9 Å². The Kier molecular flexibility index (Phi) is 5.06. The van der Waals surface area contributed by atoms with Crippen LogP contribution in [0.25, 0.3) is 0 Å². The van der Waals surface area contributed by atoms with Gasteiger partial charge in [-0.25, -0.2) is 4.79 Å². The highest BCUT2D eigenvalue weighted by molar-refractivity contribution is 7.99. The number of benzene rings is 1. The van der Waals surface area contributed by atoms with Gasteiger partial charge in [0.05, 0.1) is 10.5 Å². The number of anilines is 1. The second kappa shape index (κ2) is 6.80. The summed E-state index contributed by atoms with van der Waals surface area (Å²) in [6.45, 7) is 2.13. The molecule has 1 fully saturated rings. The Bertz CT molecular complexity index is 550. The SMILES string of the molecule is CCSC1CCC(Nc2ccc([N+](=O)[O-])cc2C(=O)O)C1. The monoisotopic (exact) mass is 310 g/mol. The molecule has 1 saturated carbocycles. The normalized spacial score (nSPS) is 21.2. The third kappa shape index (κ3) is 3.87. The van der Waals surface area contributed by atoms with Crippen LogP contribution in [-0.2, 0) is 0 Å². The van der Waals surface area contributed by atoms with Gasteiger partial charge in [-0.2, -0.15) is 11.8 Å². The molecule has 6 nitrogen and oxygen atoms in total. The fourth-order valence-electron chi connectivity index (χ4n) is 2.63. The minimum atomic E-state index is -1.15. The van der Waals surface area contributed by atoms with E-state index in [9.17, 15) is 20.0 Å². The molecule has 7 heteroatoms. The molecule has 0 amide bonds. The van der Waals surface area contributed by atoms with E-state index in [1.54, 1.807) is 0 Å². The minimum absolute atomic E-state index is 0.0456. The molecule has 1 aliphatic rings. The Labute approximate surface area is 127 Å². The number of hydrogen-bond acceptors (Lipinski definition) is 5. The summed E-state index contributed by atoms with van der Waals surface area (Å²) in [4.78, 5) is 21.4. The van der Waals surface area contributed by atoms with Crippen LogP contribution < -0.4 is 5.32 Å². The molecule has 114 valence electrons. The lowest BCUT2D eigenvalue weighted by molar-refractivity contribution is -0.384. The highest BCUT2D eigenvalue weighted by atomic mass is 32.2. The largest absolute Gasteiger partial charge is 0.478 e. The number of aromatic carboxylic acids is 1. The predicted molar refractivity (Wildman–Crippen MR) is 83.2 cm³/mol. The average Bonchev–Trinajstić information content (AvgIpc) is 2.86. The van der Waals surface area contributed by atoms with E-state index >= 15 is 0 Å². The number of carbonyl (C=O) groups is 1. The number of carboxylic acid groups (broad SMARTS) is 1. The predicted octanol–water partition coefficient (Wildman–Crippen LogP) is 3.38. The molecular weight excluding hydrogens is 292 g/mol. The van der Waals surface area contributed by atoms with E-state index in [4.69, 9.17) is 0 Å². The second-order valence-corrected chi connectivity index (χ2v) is 6.60. The molecule has 1 aromatic rings. The molecule has 0 saturated heterocycles. The highest BCUT2D eigenvalue weighted by Gasteiger charge is 2.26. The van der Waals surface area contributed by atoms with Gasteiger partial charge in [-0.15, -0.1) is 0 Å². The van der Waals surface area contributed by atoms with E-state index in [0.717, 1.165) is 31.1 Å². The van der Waals surface area contributed by atoms with Crippen LogP contribution in [0.15, 0.2) is 18.2 Å². The zero-order chi connectivity index (χ0) is 15.4. The summed E-state index contributed by atoms with van der Waals surface area (Å²) in [5, 5.41) is 23.8. The van der Waals surface area contributed by atoms with Crippen LogP contribution >= 0.6 is 11.8 Å². The molecule has 2 rings (SSSR count). The Morgan fingerprint density at radius 2 is 2.29 bits per heavy atom. The molecular formula is C14H18N2O4S. The first-order valence-electron chi connectivity index (χ1n) is 6.91. The molecule has 21 heavy (non-hydrogen) atoms. The topological polar surface area (TPSA) is 92.5 Å². The summed E-state index contributed by atoms with van der Waals surface area (Å²) in [6, 6.07) is 4.16. The summed E-state index contributed by atoms with van der Waals surface area (Å²) in [7, 11) is 0. The fraction of sp³-hybridized carbons (Fsp3) is 0.500. The molecule has 0 heterocycles. The van der Waals surface area contributed by atoms with Crippen molar-refractivity contribution in [3.05, 3.63) is 33.9 Å². The van der Waals surface area contributed by atoms with E-state index in [1.807, 2.05) is 11.8 Å². The molecule has 1 aliphatic carbocycles. The van der Waals surface area contributed by atoms with Gasteiger partial charge in [0.15, 0.2) is 0 Å². The second-order valence-electron chi connectivity index (χ2n) is 5.02. The van der Waals surface area contributed by atoms with Crippen LogP contribution in [0, 0.1) is 10.1 Å². The minimum Gasteiger partial charge on any atom is -0.478 e. The number of carboxylic acids is 1. The van der Waals surface area contributed by atoms with Crippen molar-refractivity contribution < 1.29 is 14.8 Å². The van der Waals surface area contributed by atoms with Crippen molar-refractivity contribution in [1.29, 1.82) is 0 Å². The number of non-ortho nitro benzene ring substituents is 1. The lowest BCUT2D eigenvalue weighted by Crippen LogP contribution is -2.18. The smallest absolute Gasteiger partial charge is 0.338 e. The number of hydrogen-bond donors (Lipinski definition) is 2. The van der Waals surface area contributed by atoms with Crippen LogP contribution in [0.4, 0.5) is 11.4 Å². The van der Waals surface area contributed by atoms with E-state index < -0.39 is 10.9 Å². The molecule has 1 aromatic carbocycles. The Morgan fingerprint density at radius 3 is 2.90 bits per heavy atom. The average molecular weight is 310 g/mol. The van der Waals surface area contributed by atoms with E-state index in [1.165, 1.54) is 12.1 Å². The molecule has 0 radical (unpaired) electrons. The van der Waals surface area contributed by atoms with Gasteiger partial charge in [0.25, 0.3) is 5.69 Å². The lowest BCUT2D eigenvalue weighted by atomic mass is 10.1. The van der Waals surface area contributed by atoms with Crippen molar-refractivity contribution in [2.45, 2.75) is 37.5 Å². The van der Waals surface area contributed by atoms with Crippen molar-refractivity contribution in [2.24, 2.45) is 0 Å². The van der Waals surface area contributed by atoms with Gasteiger partial charge in [0.1, 0.15) is 0 Å². The van der Waals surface area contributed by atoms with Crippen molar-refractivity contribution in [3.8, 4) is 0 Å². The maximum absolute atomic E-state index is 11.3. The molecule has 0 aromatic heterocycles. The molecule has 2 N–H and O–H groups in total. The molecule has 0 spiro atoms. The van der Waals surface area contributed by atoms with Crippen LogP contribution in [0.3, 0.4) is 0 Å². The quantitative estimate of drug-likeness (QED) is 0.618. The van der Waals surface area contributed by atoms with Gasteiger partial charge < -0.3 is 10.4 Å². The van der Waals surface area contributed by atoms with Crippen LogP contribution in [0.5, 0.6) is 0 Å². The number of nitro benzene ring substituents is 1. The summed E-state index contributed by atoms with van der Waals surface area (Å²) in [6.07, 6.45) is 3.10. The van der Waals surface area contributed by atoms with Gasteiger partial charge in [-0.3, -0.25) is 10.1 Å². The lowest BCUT2D eigenvalue weighted by Gasteiger charge is -2.16. The third-order valence-corrected chi connectivity index (χ3v) is 4.82. The zero-order valence-corrected chi connectivity index (χ0v) is 12.6. The first kappa shape index (κ1) is 15.6. The van der Waals surface area contributed by atoms with E-state index in [-0.39, 0.29) is 17.3 Å². The van der Waals surface area contributed by atoms with Gasteiger partial charge in [0.2, 0.25) is 0 Å². The molecule has 0 bridgehead atoms. The maximum atomic E-state index is 11.3. The standard InChI is InChI=1S/C14H18N2O4S/c1-2-21-11-5-3-9(7-11)15-13-6-4-10(16(19)20)8-12(13)14(17)18/h4,6,8-9,11,15H,2-3,5,7H2,1H3,(H,17,18). The number of thioether (sulfide) groups is 1. The Hall–Kier alpha value is -1.76. The van der Waals surface area contributed by atoms with Crippen molar-refractivity contribution in [3.63, 3.8) is 0 Å². The fourth-order valence-corrected chi connectivity index (χ4v) is 3.77. The summed E-state index contributed by atoms with van der Waals surface area (Å²) in [5.41, 5.74) is 0.208. The maximum Gasteiger partial charge on any atom is 0.338 e. The first-order chi connectivity index (χ1) is 10.0. The Balaban J connectivity index is 2.13. The molecule has 2 unspecified atom stereocenters. The first-order valence-corrected chi connectivity index (χ1v) is 7.96. The van der Waals surface area contributed by atoms with Gasteiger partial charge in [-0.1, -0.05) is 6.92 Å². The molecule has 0 aliphatic heterocycles. The van der Waals surface area contributed by atoms with Gasteiger partial charge in [0, 0.05) is 29.1 Å². The van der Waals surface area contributed by atoms with Gasteiger partial charge >= 0.3 is 5.97 Å². The third-order valence-electron chi connectivity index (χ3n) is 3.59. The van der Waals surface area contributed by atoms with Crippen LogP contribution in [-0.4, -0.2) is 33.0 Å². The van der Waals surface area contributed by atoms with Crippen molar-refractivity contribution in [2.75, 3.05) is 11.1 Å². The number of nitrogens with zero attached hydrogens (tertiary/aromatic N) is 1. The van der Waals surface area contributed by atoms with E-state index in [2.05, 4.69) is 12.2 Å². The Morgan fingerprint density at radius 1 is 1.52 bits per heavy atom. The van der Waals surface area contributed by atoms with Gasteiger partial charge in [-0.05, 0) is 31.1 Å². The van der Waals surface area contributed by atoms with Crippen LogP contribution in [0.1, 0.15) is 36.5 Å². The molecule has 2 atom stereocenters. The number of rotatable bonds is 6. The number of nitro groups is 1.